The summed E-state index contributed by atoms with van der Waals surface area (Å²) in [5, 5.41) is 12.2. The van der Waals surface area contributed by atoms with Crippen molar-refractivity contribution in [3.05, 3.63) is 29.3 Å². The second kappa shape index (κ2) is 6.61. The molecule has 2 amide bonds. The molecule has 1 aromatic rings. The van der Waals surface area contributed by atoms with Gasteiger partial charge in [0.2, 0.25) is 0 Å². The Kier molecular flexibility index (Phi) is 4.83. The quantitative estimate of drug-likeness (QED) is 0.895. The molecule has 1 atom stereocenters. The Labute approximate surface area is 125 Å². The highest BCUT2D eigenvalue weighted by Gasteiger charge is 2.26. The molecule has 2 rings (SSSR count). The van der Waals surface area contributed by atoms with Gasteiger partial charge in [-0.2, -0.15) is 0 Å². The summed E-state index contributed by atoms with van der Waals surface area (Å²) in [5.41, 5.74) is 1.78. The lowest BCUT2D eigenvalue weighted by atomic mass is 9.96. The summed E-state index contributed by atoms with van der Waals surface area (Å²) in [6.45, 7) is 4.69. The average molecular weight is 290 g/mol. The largest absolute Gasteiger partial charge is 0.478 e. The number of fused-ring (bicyclic) bond motifs is 1. The molecule has 1 aromatic carbocycles. The van der Waals surface area contributed by atoms with E-state index in [0.717, 1.165) is 30.5 Å². The Bertz CT molecular complexity index is 542. The van der Waals surface area contributed by atoms with Crippen LogP contribution in [0.4, 0.5) is 10.5 Å². The van der Waals surface area contributed by atoms with Gasteiger partial charge >= 0.3 is 12.0 Å². The monoisotopic (exact) mass is 290 g/mol. The molecule has 1 unspecified atom stereocenters. The van der Waals surface area contributed by atoms with Gasteiger partial charge in [0.1, 0.15) is 0 Å². The smallest absolute Gasteiger partial charge is 0.336 e. The Morgan fingerprint density at radius 3 is 2.86 bits per heavy atom. The van der Waals surface area contributed by atoms with Crippen LogP contribution in [-0.4, -0.2) is 29.7 Å². The molecule has 1 heterocycles. The van der Waals surface area contributed by atoms with E-state index >= 15 is 0 Å². The van der Waals surface area contributed by atoms with Crippen molar-refractivity contribution < 1.29 is 14.7 Å². The Morgan fingerprint density at radius 1 is 1.43 bits per heavy atom. The number of nitrogens with one attached hydrogen (secondary N) is 1. The highest BCUT2D eigenvalue weighted by Crippen LogP contribution is 2.30. The van der Waals surface area contributed by atoms with Crippen LogP contribution in [0, 0.1) is 0 Å². The van der Waals surface area contributed by atoms with Crippen LogP contribution in [0.2, 0.25) is 0 Å². The minimum Gasteiger partial charge on any atom is -0.478 e. The van der Waals surface area contributed by atoms with E-state index < -0.39 is 5.97 Å². The molecule has 114 valence electrons. The Morgan fingerprint density at radius 2 is 2.19 bits per heavy atom. The van der Waals surface area contributed by atoms with Gasteiger partial charge in [-0.25, -0.2) is 9.59 Å². The van der Waals surface area contributed by atoms with Crippen molar-refractivity contribution in [3.8, 4) is 0 Å². The van der Waals surface area contributed by atoms with Gasteiger partial charge < -0.3 is 10.4 Å². The van der Waals surface area contributed by atoms with E-state index in [1.165, 1.54) is 0 Å². The Hall–Kier alpha value is -2.04. The average Bonchev–Trinajstić information content (AvgIpc) is 2.45. The molecular formula is C16H22N2O3. The van der Waals surface area contributed by atoms with Gasteiger partial charge in [0.15, 0.2) is 0 Å². The minimum atomic E-state index is -0.937. The molecule has 2 N–H and O–H groups in total. The van der Waals surface area contributed by atoms with Crippen LogP contribution in [0.1, 0.15) is 49.0 Å². The molecule has 1 aliphatic heterocycles. The number of anilines is 1. The molecule has 0 saturated heterocycles. The lowest BCUT2D eigenvalue weighted by Gasteiger charge is -2.31. The van der Waals surface area contributed by atoms with E-state index in [1.54, 1.807) is 17.0 Å². The fourth-order valence-corrected chi connectivity index (χ4v) is 2.83. The van der Waals surface area contributed by atoms with Crippen molar-refractivity contribution in [1.29, 1.82) is 0 Å². The molecule has 5 heteroatoms. The molecule has 0 bridgehead atoms. The lowest BCUT2D eigenvalue weighted by molar-refractivity contribution is 0.0695. The topological polar surface area (TPSA) is 69.6 Å². The number of carboxylic acids is 1. The summed E-state index contributed by atoms with van der Waals surface area (Å²) < 4.78 is 0. The fourth-order valence-electron chi connectivity index (χ4n) is 2.83. The number of carbonyl (C=O) groups is 2. The van der Waals surface area contributed by atoms with Gasteiger partial charge in [0.05, 0.1) is 5.56 Å². The van der Waals surface area contributed by atoms with Gasteiger partial charge in [0, 0.05) is 18.3 Å². The number of hydrogen-bond acceptors (Lipinski definition) is 2. The second-order valence-electron chi connectivity index (χ2n) is 5.50. The van der Waals surface area contributed by atoms with Gasteiger partial charge in [-0.15, -0.1) is 0 Å². The molecule has 0 radical (unpaired) electrons. The van der Waals surface area contributed by atoms with E-state index in [1.807, 2.05) is 13.0 Å². The summed E-state index contributed by atoms with van der Waals surface area (Å²) in [4.78, 5) is 25.4. The minimum absolute atomic E-state index is 0.121. The van der Waals surface area contributed by atoms with Gasteiger partial charge in [-0.05, 0) is 43.9 Å². The predicted molar refractivity (Wildman–Crippen MR) is 82.0 cm³/mol. The summed E-state index contributed by atoms with van der Waals surface area (Å²) >= 11 is 0. The van der Waals surface area contributed by atoms with Crippen molar-refractivity contribution in [3.63, 3.8) is 0 Å². The molecule has 0 fully saturated rings. The van der Waals surface area contributed by atoms with Crippen LogP contribution in [0.5, 0.6) is 0 Å². The standard InChI is InChI=1S/C16H22N2O3/c1-3-6-11(2)17-16(21)18-10-5-8-12-13(15(19)20)7-4-9-14(12)18/h4,7,9,11H,3,5-6,8,10H2,1-2H3,(H,17,21)(H,19,20). The SMILES string of the molecule is CCCC(C)NC(=O)N1CCCc2c(C(=O)O)cccc21. The second-order valence-corrected chi connectivity index (χ2v) is 5.50. The third-order valence-electron chi connectivity index (χ3n) is 3.82. The summed E-state index contributed by atoms with van der Waals surface area (Å²) in [6, 6.07) is 5.10. The number of hydrogen-bond donors (Lipinski definition) is 2. The van der Waals surface area contributed by atoms with E-state index in [0.29, 0.717) is 18.5 Å². The van der Waals surface area contributed by atoms with Crippen LogP contribution < -0.4 is 10.2 Å². The highest BCUT2D eigenvalue weighted by atomic mass is 16.4. The van der Waals surface area contributed by atoms with Crippen molar-refractivity contribution in [2.45, 2.75) is 45.6 Å². The van der Waals surface area contributed by atoms with E-state index in [9.17, 15) is 14.7 Å². The van der Waals surface area contributed by atoms with Gasteiger partial charge in [-0.1, -0.05) is 19.4 Å². The van der Waals surface area contributed by atoms with Crippen LogP contribution in [0.25, 0.3) is 0 Å². The summed E-state index contributed by atoms with van der Waals surface area (Å²) in [7, 11) is 0. The molecular weight excluding hydrogens is 268 g/mol. The van der Waals surface area contributed by atoms with Crippen molar-refractivity contribution in [1.82, 2.24) is 5.32 Å². The molecule has 0 aliphatic carbocycles. The number of amides is 2. The normalized spacial score (nSPS) is 15.2. The first-order valence-electron chi connectivity index (χ1n) is 7.47. The van der Waals surface area contributed by atoms with Crippen LogP contribution >= 0.6 is 0 Å². The summed E-state index contributed by atoms with van der Waals surface area (Å²) in [6.07, 6.45) is 3.43. The van der Waals surface area contributed by atoms with Gasteiger partial charge in [0.25, 0.3) is 0 Å². The third kappa shape index (κ3) is 3.35. The molecule has 1 aliphatic rings. The lowest BCUT2D eigenvalue weighted by Crippen LogP contribution is -2.46. The highest BCUT2D eigenvalue weighted by molar-refractivity contribution is 5.97. The molecule has 0 saturated carbocycles. The number of carboxylic acid groups (broad SMARTS) is 1. The number of nitrogens with zero attached hydrogens (tertiary/aromatic N) is 1. The zero-order valence-electron chi connectivity index (χ0n) is 12.6. The van der Waals surface area contributed by atoms with Gasteiger partial charge in [-0.3, -0.25) is 4.90 Å². The first-order chi connectivity index (χ1) is 10.0. The first-order valence-corrected chi connectivity index (χ1v) is 7.47. The zero-order chi connectivity index (χ0) is 15.4. The van der Waals surface area contributed by atoms with Crippen molar-refractivity contribution >= 4 is 17.7 Å². The van der Waals surface area contributed by atoms with E-state index in [-0.39, 0.29) is 12.1 Å². The molecule has 21 heavy (non-hydrogen) atoms. The van der Waals surface area contributed by atoms with E-state index in [2.05, 4.69) is 12.2 Å². The zero-order valence-corrected chi connectivity index (χ0v) is 12.6. The molecule has 5 nitrogen and oxygen atoms in total. The fraction of sp³-hybridized carbons (Fsp3) is 0.500. The van der Waals surface area contributed by atoms with Crippen LogP contribution in [0.3, 0.4) is 0 Å². The number of benzene rings is 1. The van der Waals surface area contributed by atoms with Crippen LogP contribution in [0.15, 0.2) is 18.2 Å². The number of rotatable bonds is 4. The maximum atomic E-state index is 12.4. The number of carbonyl (C=O) groups excluding carboxylic acids is 1. The first kappa shape index (κ1) is 15.4. The van der Waals surface area contributed by atoms with Crippen LogP contribution in [-0.2, 0) is 6.42 Å². The third-order valence-corrected chi connectivity index (χ3v) is 3.82. The van der Waals surface area contributed by atoms with Crippen molar-refractivity contribution in [2.24, 2.45) is 0 Å². The maximum Gasteiger partial charge on any atom is 0.336 e. The Balaban J connectivity index is 2.24. The predicted octanol–water partition coefficient (Wildman–Crippen LogP) is 3.04. The van der Waals surface area contributed by atoms with Crippen molar-refractivity contribution in [2.75, 3.05) is 11.4 Å². The van der Waals surface area contributed by atoms with E-state index in [4.69, 9.17) is 0 Å². The number of urea groups is 1. The summed E-state index contributed by atoms with van der Waals surface area (Å²) in [5.74, 6) is -0.937. The maximum absolute atomic E-state index is 12.4. The number of aromatic carboxylic acids is 1. The molecule has 0 spiro atoms. The molecule has 0 aromatic heterocycles.